The normalized spacial score (nSPS) is 12.7. The van der Waals surface area contributed by atoms with E-state index in [1.807, 2.05) is 54.6 Å². The van der Waals surface area contributed by atoms with Crippen LogP contribution in [0.4, 0.5) is 11.6 Å². The lowest BCUT2D eigenvalue weighted by molar-refractivity contribution is 0.0992. The molecule has 5 rings (SSSR count). The number of carbonyl (C=O) groups excluding carboxylic acids is 1. The molecule has 0 bridgehead atoms. The Balaban J connectivity index is 1.57. The standard InChI is InChI=1S/C24H16Cl2N4O2/c25-14-10-11-16(18(26)12-14)21-17-13-30(23(31)22(17)29-24(27)28-21)19-8-4-5-9-20(19)32-15-6-2-1-3-7-15/h1-12H,13H2,(H2,27,28,29). The lowest BCUT2D eigenvalue weighted by Gasteiger charge is -2.19. The van der Waals surface area contributed by atoms with Crippen molar-refractivity contribution in [2.45, 2.75) is 6.54 Å². The van der Waals surface area contributed by atoms with Gasteiger partial charge in [-0.2, -0.15) is 0 Å². The summed E-state index contributed by atoms with van der Waals surface area (Å²) in [5.41, 5.74) is 8.58. The summed E-state index contributed by atoms with van der Waals surface area (Å²) in [4.78, 5) is 23.6. The summed E-state index contributed by atoms with van der Waals surface area (Å²) in [5.74, 6) is 0.923. The Bertz CT molecular complexity index is 1350. The van der Waals surface area contributed by atoms with Crippen LogP contribution >= 0.6 is 23.2 Å². The molecule has 0 saturated heterocycles. The fraction of sp³-hybridized carbons (Fsp3) is 0.0417. The van der Waals surface area contributed by atoms with Crippen molar-refractivity contribution in [2.75, 3.05) is 10.6 Å². The van der Waals surface area contributed by atoms with Gasteiger partial charge in [-0.15, -0.1) is 0 Å². The minimum atomic E-state index is -0.287. The van der Waals surface area contributed by atoms with Crippen LogP contribution in [0.25, 0.3) is 11.3 Å². The summed E-state index contributed by atoms with van der Waals surface area (Å²) in [7, 11) is 0. The van der Waals surface area contributed by atoms with E-state index < -0.39 is 0 Å². The van der Waals surface area contributed by atoms with E-state index in [9.17, 15) is 4.79 Å². The fourth-order valence-corrected chi connectivity index (χ4v) is 4.16. The Hall–Kier alpha value is -3.61. The molecule has 6 nitrogen and oxygen atoms in total. The zero-order chi connectivity index (χ0) is 22.2. The first kappa shape index (κ1) is 20.3. The number of fused-ring (bicyclic) bond motifs is 1. The average molecular weight is 463 g/mol. The molecule has 0 unspecified atom stereocenters. The number of benzene rings is 3. The maximum Gasteiger partial charge on any atom is 0.277 e. The predicted octanol–water partition coefficient (Wildman–Crippen LogP) is 5.99. The molecule has 4 aromatic rings. The van der Waals surface area contributed by atoms with Crippen molar-refractivity contribution in [3.05, 3.63) is 94.1 Å². The first-order valence-electron chi connectivity index (χ1n) is 9.77. The third-order valence-electron chi connectivity index (χ3n) is 5.10. The molecule has 158 valence electrons. The van der Waals surface area contributed by atoms with E-state index in [1.54, 1.807) is 23.1 Å². The summed E-state index contributed by atoms with van der Waals surface area (Å²) in [6.07, 6.45) is 0. The molecule has 0 spiro atoms. The van der Waals surface area contributed by atoms with Crippen LogP contribution < -0.4 is 15.4 Å². The molecular weight excluding hydrogens is 447 g/mol. The second-order valence-electron chi connectivity index (χ2n) is 7.16. The van der Waals surface area contributed by atoms with Crippen molar-refractivity contribution >= 4 is 40.7 Å². The van der Waals surface area contributed by atoms with Gasteiger partial charge in [0.1, 0.15) is 11.4 Å². The average Bonchev–Trinajstić information content (AvgIpc) is 3.11. The minimum Gasteiger partial charge on any atom is -0.455 e. The van der Waals surface area contributed by atoms with Crippen LogP contribution in [0.5, 0.6) is 11.5 Å². The molecule has 1 aliphatic rings. The van der Waals surface area contributed by atoms with Gasteiger partial charge < -0.3 is 10.5 Å². The second kappa shape index (κ2) is 8.15. The number of anilines is 2. The maximum atomic E-state index is 13.3. The lowest BCUT2D eigenvalue weighted by atomic mass is 10.1. The van der Waals surface area contributed by atoms with E-state index in [2.05, 4.69) is 9.97 Å². The molecule has 1 aromatic heterocycles. The van der Waals surface area contributed by atoms with Crippen LogP contribution in [0.1, 0.15) is 16.1 Å². The number of hydrogen-bond donors (Lipinski definition) is 1. The number of halogens is 2. The Morgan fingerprint density at radius 1 is 0.906 bits per heavy atom. The molecule has 32 heavy (non-hydrogen) atoms. The van der Waals surface area contributed by atoms with Gasteiger partial charge in [0, 0.05) is 16.1 Å². The Morgan fingerprint density at radius 2 is 1.62 bits per heavy atom. The van der Waals surface area contributed by atoms with E-state index in [0.29, 0.717) is 44.1 Å². The highest BCUT2D eigenvalue weighted by molar-refractivity contribution is 6.36. The number of amides is 1. The fourth-order valence-electron chi connectivity index (χ4n) is 3.67. The number of rotatable bonds is 4. The quantitative estimate of drug-likeness (QED) is 0.402. The van der Waals surface area contributed by atoms with Gasteiger partial charge in [-0.3, -0.25) is 9.69 Å². The maximum absolute atomic E-state index is 13.3. The van der Waals surface area contributed by atoms with Gasteiger partial charge >= 0.3 is 0 Å². The van der Waals surface area contributed by atoms with E-state index in [-0.39, 0.29) is 24.1 Å². The smallest absolute Gasteiger partial charge is 0.277 e. The highest BCUT2D eigenvalue weighted by Gasteiger charge is 2.35. The van der Waals surface area contributed by atoms with Gasteiger partial charge in [0.25, 0.3) is 5.91 Å². The van der Waals surface area contributed by atoms with Crippen LogP contribution in [0.15, 0.2) is 72.8 Å². The highest BCUT2D eigenvalue weighted by Crippen LogP contribution is 2.40. The van der Waals surface area contributed by atoms with Crippen LogP contribution in [0.3, 0.4) is 0 Å². The third kappa shape index (κ3) is 3.64. The lowest BCUT2D eigenvalue weighted by Crippen LogP contribution is -2.24. The monoisotopic (exact) mass is 462 g/mol. The first-order chi connectivity index (χ1) is 15.5. The molecule has 2 N–H and O–H groups in total. The number of nitrogens with zero attached hydrogens (tertiary/aromatic N) is 3. The van der Waals surface area contributed by atoms with E-state index in [1.165, 1.54) is 0 Å². The first-order valence-corrected chi connectivity index (χ1v) is 10.5. The van der Waals surface area contributed by atoms with E-state index in [0.717, 1.165) is 0 Å². The summed E-state index contributed by atoms with van der Waals surface area (Å²) in [6, 6.07) is 21.8. The third-order valence-corrected chi connectivity index (χ3v) is 5.65. The molecule has 2 heterocycles. The molecule has 0 saturated carbocycles. The van der Waals surface area contributed by atoms with Crippen molar-refractivity contribution in [3.8, 4) is 22.8 Å². The van der Waals surface area contributed by atoms with Crippen LogP contribution in [-0.4, -0.2) is 15.9 Å². The molecule has 0 aliphatic carbocycles. The van der Waals surface area contributed by atoms with Crippen molar-refractivity contribution in [3.63, 3.8) is 0 Å². The Morgan fingerprint density at radius 3 is 2.41 bits per heavy atom. The molecule has 1 amide bonds. The molecule has 3 aromatic carbocycles. The van der Waals surface area contributed by atoms with Gasteiger partial charge in [-0.25, -0.2) is 9.97 Å². The summed E-state index contributed by atoms with van der Waals surface area (Å²) < 4.78 is 6.05. The molecule has 0 radical (unpaired) electrons. The number of para-hydroxylation sites is 3. The number of aromatic nitrogens is 2. The van der Waals surface area contributed by atoms with Gasteiger partial charge in [0.2, 0.25) is 5.95 Å². The summed E-state index contributed by atoms with van der Waals surface area (Å²) in [6.45, 7) is 0.248. The number of carbonyl (C=O) groups is 1. The molecule has 1 aliphatic heterocycles. The minimum absolute atomic E-state index is 0.00575. The largest absolute Gasteiger partial charge is 0.455 e. The van der Waals surface area contributed by atoms with Crippen LogP contribution in [-0.2, 0) is 6.54 Å². The van der Waals surface area contributed by atoms with E-state index >= 15 is 0 Å². The topological polar surface area (TPSA) is 81.3 Å². The van der Waals surface area contributed by atoms with Gasteiger partial charge in [0.15, 0.2) is 5.75 Å². The number of nitrogens with two attached hydrogens (primary N) is 1. The number of hydrogen-bond acceptors (Lipinski definition) is 5. The van der Waals surface area contributed by atoms with Gasteiger partial charge in [-0.05, 0) is 42.5 Å². The molecule has 0 fully saturated rings. The Kier molecular flexibility index (Phi) is 5.17. The summed E-state index contributed by atoms with van der Waals surface area (Å²) in [5, 5.41) is 0.915. The zero-order valence-corrected chi connectivity index (χ0v) is 18.1. The zero-order valence-electron chi connectivity index (χ0n) is 16.6. The highest BCUT2D eigenvalue weighted by atomic mass is 35.5. The molecular formula is C24H16Cl2N4O2. The SMILES string of the molecule is Nc1nc2c(c(-c3ccc(Cl)cc3Cl)n1)CN(c1ccccc1Oc1ccccc1)C2=O. The molecule has 0 atom stereocenters. The summed E-state index contributed by atoms with van der Waals surface area (Å²) >= 11 is 12.5. The predicted molar refractivity (Wildman–Crippen MR) is 125 cm³/mol. The van der Waals surface area contributed by atoms with Crippen molar-refractivity contribution < 1.29 is 9.53 Å². The number of ether oxygens (including phenoxy) is 1. The molecule has 8 heteroatoms. The van der Waals surface area contributed by atoms with Crippen molar-refractivity contribution in [1.82, 2.24) is 9.97 Å². The van der Waals surface area contributed by atoms with Crippen LogP contribution in [0.2, 0.25) is 10.0 Å². The van der Waals surface area contributed by atoms with Gasteiger partial charge in [0.05, 0.1) is 22.9 Å². The second-order valence-corrected chi connectivity index (χ2v) is 8.00. The van der Waals surface area contributed by atoms with Crippen molar-refractivity contribution in [2.24, 2.45) is 0 Å². The van der Waals surface area contributed by atoms with E-state index in [4.69, 9.17) is 33.7 Å². The van der Waals surface area contributed by atoms with Crippen molar-refractivity contribution in [1.29, 1.82) is 0 Å². The van der Waals surface area contributed by atoms with Gasteiger partial charge in [-0.1, -0.05) is 53.5 Å². The number of nitrogen functional groups attached to an aromatic ring is 1. The van der Waals surface area contributed by atoms with Crippen LogP contribution in [0, 0.1) is 0 Å². The Labute approximate surface area is 194 Å².